The molecular weight excluding hydrogens is 236 g/mol. The van der Waals surface area contributed by atoms with E-state index in [0.29, 0.717) is 6.42 Å². The van der Waals surface area contributed by atoms with Crippen molar-refractivity contribution in [1.82, 2.24) is 0 Å². The Morgan fingerprint density at radius 1 is 1.05 bits per heavy atom. The predicted octanol–water partition coefficient (Wildman–Crippen LogP) is 3.66. The van der Waals surface area contributed by atoms with Crippen LogP contribution in [-0.4, -0.2) is 11.1 Å². The van der Waals surface area contributed by atoms with Crippen LogP contribution in [0.15, 0.2) is 54.6 Å². The second-order valence-corrected chi connectivity index (χ2v) is 4.68. The molecular formula is C17H18O2. The molecule has 2 nitrogen and oxygen atoms in total. The van der Waals surface area contributed by atoms with Crippen molar-refractivity contribution in [1.29, 1.82) is 0 Å². The molecule has 0 aromatic heterocycles. The van der Waals surface area contributed by atoms with E-state index in [1.165, 1.54) is 5.56 Å². The van der Waals surface area contributed by atoms with E-state index < -0.39 is 11.9 Å². The lowest BCUT2D eigenvalue weighted by atomic mass is 9.91. The van der Waals surface area contributed by atoms with Crippen molar-refractivity contribution in [2.24, 2.45) is 0 Å². The number of hydrogen-bond donors (Lipinski definition) is 1. The van der Waals surface area contributed by atoms with E-state index in [2.05, 4.69) is 19.1 Å². The summed E-state index contributed by atoms with van der Waals surface area (Å²) < 4.78 is 0. The highest BCUT2D eigenvalue weighted by Gasteiger charge is 2.19. The second-order valence-electron chi connectivity index (χ2n) is 4.68. The minimum absolute atomic E-state index is 0.478. The maximum absolute atomic E-state index is 11.5. The smallest absolute Gasteiger partial charge is 0.311 e. The van der Waals surface area contributed by atoms with Gasteiger partial charge in [0.25, 0.3) is 0 Å². The van der Waals surface area contributed by atoms with Crippen LogP contribution in [0.1, 0.15) is 29.5 Å². The average molecular weight is 254 g/mol. The number of carboxylic acids is 1. The largest absolute Gasteiger partial charge is 0.481 e. The lowest BCUT2D eigenvalue weighted by molar-refractivity contribution is -0.138. The van der Waals surface area contributed by atoms with E-state index in [0.717, 1.165) is 17.5 Å². The van der Waals surface area contributed by atoms with Crippen LogP contribution >= 0.6 is 0 Å². The molecule has 2 aromatic rings. The summed E-state index contributed by atoms with van der Waals surface area (Å²) in [4.78, 5) is 11.5. The van der Waals surface area contributed by atoms with Gasteiger partial charge in [0.1, 0.15) is 0 Å². The molecule has 0 radical (unpaired) electrons. The van der Waals surface area contributed by atoms with Gasteiger partial charge in [-0.25, -0.2) is 0 Å². The molecule has 0 heterocycles. The third-order valence-corrected chi connectivity index (χ3v) is 3.34. The fourth-order valence-electron chi connectivity index (χ4n) is 2.25. The van der Waals surface area contributed by atoms with Crippen molar-refractivity contribution < 1.29 is 9.90 Å². The van der Waals surface area contributed by atoms with Gasteiger partial charge in [-0.2, -0.15) is 0 Å². The maximum atomic E-state index is 11.5. The Morgan fingerprint density at radius 2 is 1.74 bits per heavy atom. The third-order valence-electron chi connectivity index (χ3n) is 3.34. The Morgan fingerprint density at radius 3 is 2.37 bits per heavy atom. The van der Waals surface area contributed by atoms with E-state index in [9.17, 15) is 9.90 Å². The molecule has 0 saturated carbocycles. The van der Waals surface area contributed by atoms with Crippen LogP contribution in [0.4, 0.5) is 0 Å². The third kappa shape index (κ3) is 3.44. The quantitative estimate of drug-likeness (QED) is 0.884. The Kier molecular flexibility index (Phi) is 4.35. The molecule has 98 valence electrons. The van der Waals surface area contributed by atoms with Crippen LogP contribution in [0.3, 0.4) is 0 Å². The molecule has 1 unspecified atom stereocenters. The molecule has 0 saturated heterocycles. The van der Waals surface area contributed by atoms with Crippen LogP contribution in [0, 0.1) is 0 Å². The molecule has 0 bridgehead atoms. The molecule has 2 rings (SSSR count). The van der Waals surface area contributed by atoms with E-state index in [4.69, 9.17) is 0 Å². The van der Waals surface area contributed by atoms with Crippen LogP contribution in [0.25, 0.3) is 0 Å². The van der Waals surface area contributed by atoms with Crippen molar-refractivity contribution in [3.8, 4) is 0 Å². The zero-order chi connectivity index (χ0) is 13.7. The van der Waals surface area contributed by atoms with Gasteiger partial charge in [-0.1, -0.05) is 61.5 Å². The van der Waals surface area contributed by atoms with E-state index in [-0.39, 0.29) is 0 Å². The minimum atomic E-state index is -0.770. The number of aryl methyl sites for hydroxylation is 1. The van der Waals surface area contributed by atoms with Crippen molar-refractivity contribution >= 4 is 5.97 Å². The lowest BCUT2D eigenvalue weighted by Crippen LogP contribution is -2.14. The number of rotatable bonds is 5. The maximum Gasteiger partial charge on any atom is 0.311 e. The molecule has 0 spiro atoms. The lowest BCUT2D eigenvalue weighted by Gasteiger charge is -2.13. The first-order valence-electron chi connectivity index (χ1n) is 6.56. The molecule has 0 aliphatic heterocycles. The standard InChI is InChI=1S/C17H18O2/c1-2-13-7-6-8-14(11-13)12-16(17(18)19)15-9-4-3-5-10-15/h3-11,16H,2,12H2,1H3,(H,18,19). The van der Waals surface area contributed by atoms with Crippen LogP contribution < -0.4 is 0 Å². The monoisotopic (exact) mass is 254 g/mol. The second kappa shape index (κ2) is 6.19. The van der Waals surface area contributed by atoms with E-state index in [1.54, 1.807) is 0 Å². The minimum Gasteiger partial charge on any atom is -0.481 e. The van der Waals surface area contributed by atoms with Crippen molar-refractivity contribution in [2.45, 2.75) is 25.7 Å². The molecule has 0 amide bonds. The van der Waals surface area contributed by atoms with Gasteiger partial charge < -0.3 is 5.11 Å². The van der Waals surface area contributed by atoms with Gasteiger partial charge in [-0.05, 0) is 29.5 Å². The zero-order valence-corrected chi connectivity index (χ0v) is 11.0. The van der Waals surface area contributed by atoms with Gasteiger partial charge in [-0.15, -0.1) is 0 Å². The Balaban J connectivity index is 2.24. The average Bonchev–Trinajstić information content (AvgIpc) is 2.45. The summed E-state index contributed by atoms with van der Waals surface area (Å²) in [6, 6.07) is 17.6. The summed E-state index contributed by atoms with van der Waals surface area (Å²) in [6.45, 7) is 2.10. The number of carbonyl (C=O) groups is 1. The fraction of sp³-hybridized carbons (Fsp3) is 0.235. The summed E-state index contributed by atoms with van der Waals surface area (Å²) in [5.74, 6) is -1.25. The first-order valence-corrected chi connectivity index (χ1v) is 6.56. The highest BCUT2D eigenvalue weighted by atomic mass is 16.4. The topological polar surface area (TPSA) is 37.3 Å². The predicted molar refractivity (Wildman–Crippen MR) is 76.3 cm³/mol. The van der Waals surface area contributed by atoms with Crippen molar-refractivity contribution in [3.05, 3.63) is 71.3 Å². The first-order chi connectivity index (χ1) is 9.20. The molecule has 2 heteroatoms. The van der Waals surface area contributed by atoms with E-state index >= 15 is 0 Å². The van der Waals surface area contributed by atoms with Crippen LogP contribution in [0.2, 0.25) is 0 Å². The number of carboxylic acid groups (broad SMARTS) is 1. The summed E-state index contributed by atoms with van der Waals surface area (Å²) >= 11 is 0. The highest BCUT2D eigenvalue weighted by Crippen LogP contribution is 2.21. The van der Waals surface area contributed by atoms with Gasteiger partial charge in [0.2, 0.25) is 0 Å². The van der Waals surface area contributed by atoms with Crippen molar-refractivity contribution in [3.63, 3.8) is 0 Å². The normalized spacial score (nSPS) is 12.1. The first kappa shape index (κ1) is 13.3. The molecule has 19 heavy (non-hydrogen) atoms. The molecule has 0 aliphatic carbocycles. The molecule has 0 aliphatic rings. The summed E-state index contributed by atoms with van der Waals surface area (Å²) in [5.41, 5.74) is 3.18. The van der Waals surface area contributed by atoms with Gasteiger partial charge >= 0.3 is 5.97 Å². The number of hydrogen-bond acceptors (Lipinski definition) is 1. The van der Waals surface area contributed by atoms with Gasteiger partial charge in [0, 0.05) is 0 Å². The van der Waals surface area contributed by atoms with Gasteiger partial charge in [0.05, 0.1) is 5.92 Å². The van der Waals surface area contributed by atoms with Crippen molar-refractivity contribution in [2.75, 3.05) is 0 Å². The van der Waals surface area contributed by atoms with E-state index in [1.807, 2.05) is 42.5 Å². The molecule has 1 N–H and O–H groups in total. The van der Waals surface area contributed by atoms with Gasteiger partial charge in [0.15, 0.2) is 0 Å². The van der Waals surface area contributed by atoms with Gasteiger partial charge in [-0.3, -0.25) is 4.79 Å². The summed E-state index contributed by atoms with van der Waals surface area (Å²) in [7, 11) is 0. The summed E-state index contributed by atoms with van der Waals surface area (Å²) in [5, 5.41) is 9.41. The fourth-order valence-corrected chi connectivity index (χ4v) is 2.25. The Bertz CT molecular complexity index is 546. The molecule has 0 fully saturated rings. The summed E-state index contributed by atoms with van der Waals surface area (Å²) in [6.07, 6.45) is 1.50. The molecule has 1 atom stereocenters. The number of benzene rings is 2. The highest BCUT2D eigenvalue weighted by molar-refractivity contribution is 5.76. The van der Waals surface area contributed by atoms with Crippen LogP contribution in [0.5, 0.6) is 0 Å². The van der Waals surface area contributed by atoms with Crippen LogP contribution in [-0.2, 0) is 17.6 Å². The zero-order valence-electron chi connectivity index (χ0n) is 11.0. The number of aliphatic carboxylic acids is 1. The SMILES string of the molecule is CCc1cccc(CC(C(=O)O)c2ccccc2)c1. The Hall–Kier alpha value is -2.09. The Labute approximate surface area is 113 Å². The molecule has 2 aromatic carbocycles.